The van der Waals surface area contributed by atoms with Crippen molar-refractivity contribution in [3.8, 4) is 5.75 Å². The van der Waals surface area contributed by atoms with Crippen LogP contribution in [0.5, 0.6) is 5.75 Å². The molecule has 0 atom stereocenters. The average Bonchev–Trinajstić information content (AvgIpc) is 3.00. The van der Waals surface area contributed by atoms with Gasteiger partial charge in [-0.2, -0.15) is 0 Å². The zero-order valence-electron chi connectivity index (χ0n) is 14.7. The summed E-state index contributed by atoms with van der Waals surface area (Å²) in [5.41, 5.74) is 1.44. The number of imide groups is 1. The van der Waals surface area contributed by atoms with Crippen molar-refractivity contribution in [2.75, 3.05) is 20.2 Å². The molecule has 7 heteroatoms. The molecule has 1 aliphatic heterocycles. The number of carbonyl (C=O) groups is 3. The van der Waals surface area contributed by atoms with Gasteiger partial charge in [-0.25, -0.2) is 0 Å². The molecule has 27 heavy (non-hydrogen) atoms. The van der Waals surface area contributed by atoms with Crippen LogP contribution in [0.1, 0.15) is 15.9 Å². The Morgan fingerprint density at radius 3 is 2.44 bits per heavy atom. The molecule has 0 bridgehead atoms. The van der Waals surface area contributed by atoms with Crippen molar-refractivity contribution in [3.63, 3.8) is 0 Å². The maximum atomic E-state index is 12.3. The van der Waals surface area contributed by atoms with E-state index in [2.05, 4.69) is 5.32 Å². The van der Waals surface area contributed by atoms with Crippen LogP contribution >= 0.6 is 11.8 Å². The van der Waals surface area contributed by atoms with Crippen LogP contribution in [0.25, 0.3) is 6.08 Å². The Kier molecular flexibility index (Phi) is 5.93. The third-order valence-electron chi connectivity index (χ3n) is 3.88. The molecule has 3 amide bonds. The van der Waals surface area contributed by atoms with Crippen LogP contribution in [-0.2, 0) is 4.79 Å². The minimum Gasteiger partial charge on any atom is -0.492 e. The fraction of sp³-hybridized carbons (Fsp3) is 0.150. The highest BCUT2D eigenvalue weighted by Crippen LogP contribution is 2.26. The molecule has 138 valence electrons. The van der Waals surface area contributed by atoms with Gasteiger partial charge in [-0.15, -0.1) is 0 Å². The van der Waals surface area contributed by atoms with E-state index in [-0.39, 0.29) is 17.1 Å². The quantitative estimate of drug-likeness (QED) is 0.777. The molecule has 2 aromatic rings. The number of rotatable bonds is 6. The van der Waals surface area contributed by atoms with Crippen molar-refractivity contribution in [3.05, 3.63) is 70.6 Å². The molecular weight excluding hydrogens is 364 g/mol. The van der Waals surface area contributed by atoms with Crippen LogP contribution < -0.4 is 10.1 Å². The normalized spacial score (nSPS) is 14.9. The van der Waals surface area contributed by atoms with Crippen molar-refractivity contribution >= 4 is 34.9 Å². The zero-order chi connectivity index (χ0) is 19.2. The highest BCUT2D eigenvalue weighted by molar-refractivity contribution is 8.18. The fourth-order valence-corrected chi connectivity index (χ4v) is 3.12. The molecular formula is C20H18N2O4S. The van der Waals surface area contributed by atoms with E-state index in [0.29, 0.717) is 29.4 Å². The first-order valence-corrected chi connectivity index (χ1v) is 9.13. The Hall–Kier alpha value is -3.06. The zero-order valence-corrected chi connectivity index (χ0v) is 15.5. The number of amides is 3. The predicted molar refractivity (Wildman–Crippen MR) is 104 cm³/mol. The van der Waals surface area contributed by atoms with E-state index in [9.17, 15) is 14.4 Å². The monoisotopic (exact) mass is 382 g/mol. The molecule has 0 spiro atoms. The van der Waals surface area contributed by atoms with E-state index in [1.54, 1.807) is 54.4 Å². The highest BCUT2D eigenvalue weighted by Gasteiger charge is 2.24. The summed E-state index contributed by atoms with van der Waals surface area (Å²) in [6, 6.07) is 16.3. The summed E-state index contributed by atoms with van der Waals surface area (Å²) in [5.74, 6) is 0.233. The second-order valence-electron chi connectivity index (χ2n) is 5.86. The highest BCUT2D eigenvalue weighted by atomic mass is 32.2. The van der Waals surface area contributed by atoms with Crippen molar-refractivity contribution < 1.29 is 19.1 Å². The molecule has 3 rings (SSSR count). The number of thioether (sulfide) groups is 1. The van der Waals surface area contributed by atoms with E-state index in [1.807, 2.05) is 18.2 Å². The van der Waals surface area contributed by atoms with Gasteiger partial charge >= 0.3 is 0 Å². The molecule has 6 nitrogen and oxygen atoms in total. The Bertz CT molecular complexity index is 879. The van der Waals surface area contributed by atoms with Crippen LogP contribution in [-0.4, -0.2) is 42.2 Å². The summed E-state index contributed by atoms with van der Waals surface area (Å²) in [6.45, 7) is 0.820. The number of nitrogens with one attached hydrogen (secondary N) is 1. The van der Waals surface area contributed by atoms with Gasteiger partial charge in [-0.05, 0) is 47.7 Å². The van der Waals surface area contributed by atoms with Crippen LogP contribution in [0, 0.1) is 0 Å². The van der Waals surface area contributed by atoms with Crippen molar-refractivity contribution in [2.45, 2.75) is 0 Å². The molecule has 1 N–H and O–H groups in total. The summed E-state index contributed by atoms with van der Waals surface area (Å²) < 4.78 is 5.67. The number of likely N-dealkylation sites (N-methyl/N-ethyl adjacent to an activating group) is 1. The van der Waals surface area contributed by atoms with Crippen LogP contribution in [0.3, 0.4) is 0 Å². The van der Waals surface area contributed by atoms with Crippen LogP contribution in [0.15, 0.2) is 59.5 Å². The average molecular weight is 382 g/mol. The van der Waals surface area contributed by atoms with Gasteiger partial charge in [0.05, 0.1) is 11.4 Å². The van der Waals surface area contributed by atoms with Gasteiger partial charge < -0.3 is 9.64 Å². The first kappa shape index (κ1) is 18.7. The minimum atomic E-state index is -0.378. The lowest BCUT2D eigenvalue weighted by molar-refractivity contribution is -0.115. The first-order valence-electron chi connectivity index (χ1n) is 8.31. The topological polar surface area (TPSA) is 75.7 Å². The number of hydrogen-bond donors (Lipinski definition) is 1. The van der Waals surface area contributed by atoms with Crippen LogP contribution in [0.4, 0.5) is 4.79 Å². The standard InChI is InChI=1S/C20H18N2O4S/c1-22(19(24)15-5-3-2-4-6-15)11-12-26-16-9-7-14(8-10-16)13-17-18(23)21-20(25)27-17/h2-10,13H,11-12H2,1H3,(H,21,23,25)/b17-13+. The third kappa shape index (κ3) is 4.98. The van der Waals surface area contributed by atoms with E-state index in [1.165, 1.54) is 0 Å². The van der Waals surface area contributed by atoms with Crippen LogP contribution in [0.2, 0.25) is 0 Å². The lowest BCUT2D eigenvalue weighted by Crippen LogP contribution is -2.30. The predicted octanol–water partition coefficient (Wildman–Crippen LogP) is 3.16. The summed E-state index contributed by atoms with van der Waals surface area (Å²) in [5, 5.41) is 1.86. The molecule has 2 aromatic carbocycles. The Morgan fingerprint density at radius 2 is 1.81 bits per heavy atom. The molecule has 0 saturated carbocycles. The molecule has 0 aliphatic carbocycles. The number of hydrogen-bond acceptors (Lipinski definition) is 5. The van der Waals surface area contributed by atoms with Gasteiger partial charge in [0.15, 0.2) is 0 Å². The van der Waals surface area contributed by atoms with Gasteiger partial charge in [0, 0.05) is 12.6 Å². The van der Waals surface area contributed by atoms with Gasteiger partial charge in [0.25, 0.3) is 17.1 Å². The van der Waals surface area contributed by atoms with E-state index in [4.69, 9.17) is 4.74 Å². The van der Waals surface area contributed by atoms with E-state index < -0.39 is 0 Å². The minimum absolute atomic E-state index is 0.0527. The Balaban J connectivity index is 1.50. The summed E-state index contributed by atoms with van der Waals surface area (Å²) in [6.07, 6.45) is 1.65. The maximum absolute atomic E-state index is 12.3. The molecule has 0 unspecified atom stereocenters. The fourth-order valence-electron chi connectivity index (χ4n) is 2.44. The smallest absolute Gasteiger partial charge is 0.290 e. The summed E-state index contributed by atoms with van der Waals surface area (Å²) in [4.78, 5) is 36.9. The molecule has 0 aromatic heterocycles. The van der Waals surface area contributed by atoms with Gasteiger partial charge in [-0.1, -0.05) is 30.3 Å². The molecule has 1 saturated heterocycles. The number of benzene rings is 2. The molecule has 0 radical (unpaired) electrons. The van der Waals surface area contributed by atoms with Gasteiger partial charge in [0.2, 0.25) is 0 Å². The Morgan fingerprint density at radius 1 is 1.11 bits per heavy atom. The van der Waals surface area contributed by atoms with E-state index in [0.717, 1.165) is 17.3 Å². The van der Waals surface area contributed by atoms with Gasteiger partial charge in [0.1, 0.15) is 12.4 Å². The lowest BCUT2D eigenvalue weighted by Gasteiger charge is -2.17. The lowest BCUT2D eigenvalue weighted by atomic mass is 10.2. The number of nitrogens with zero attached hydrogens (tertiary/aromatic N) is 1. The van der Waals surface area contributed by atoms with Crippen molar-refractivity contribution in [2.24, 2.45) is 0 Å². The Labute approximate surface area is 161 Å². The van der Waals surface area contributed by atoms with Gasteiger partial charge in [-0.3, -0.25) is 19.7 Å². The first-order chi connectivity index (χ1) is 13.0. The second kappa shape index (κ2) is 8.55. The van der Waals surface area contributed by atoms with Crippen molar-refractivity contribution in [1.82, 2.24) is 10.2 Å². The second-order valence-corrected chi connectivity index (χ2v) is 6.88. The molecule has 1 fully saturated rings. The van der Waals surface area contributed by atoms with E-state index >= 15 is 0 Å². The SMILES string of the molecule is CN(CCOc1ccc(/C=C2/SC(=O)NC2=O)cc1)C(=O)c1ccccc1. The largest absolute Gasteiger partial charge is 0.492 e. The van der Waals surface area contributed by atoms with Crippen molar-refractivity contribution in [1.29, 1.82) is 0 Å². The number of ether oxygens (including phenoxy) is 1. The summed E-state index contributed by atoms with van der Waals surface area (Å²) >= 11 is 0.883. The number of carbonyl (C=O) groups excluding carboxylic acids is 3. The third-order valence-corrected chi connectivity index (χ3v) is 4.69. The molecule has 1 aliphatic rings. The molecule has 1 heterocycles. The summed E-state index contributed by atoms with van der Waals surface area (Å²) in [7, 11) is 1.74. The maximum Gasteiger partial charge on any atom is 0.290 e.